The number of carboxylic acid groups (broad SMARTS) is 1. The first-order chi connectivity index (χ1) is 16.7. The van der Waals surface area contributed by atoms with Crippen LogP contribution in [0.4, 0.5) is 0 Å². The molecule has 0 bridgehead atoms. The standard InChI is InChI=1S/C28H33Cl2NO5/c1-6-7-31-18-10-27(2,3)12-20(32)24(18)23(25-19(31)11-28(4,5)13-21(25)33)15-8-16(29)26(17(30)9-15)36-14-22(34)35/h8-9,23H,6-7,10-14H2,1-5H3,(H,34,35). The Morgan fingerprint density at radius 1 is 0.972 bits per heavy atom. The van der Waals surface area contributed by atoms with Gasteiger partial charge in [0.25, 0.3) is 0 Å². The highest BCUT2D eigenvalue weighted by molar-refractivity contribution is 6.37. The Morgan fingerprint density at radius 3 is 1.86 bits per heavy atom. The van der Waals surface area contributed by atoms with E-state index in [2.05, 4.69) is 39.5 Å². The second kappa shape index (κ2) is 9.53. The second-order valence-corrected chi connectivity index (χ2v) is 12.5. The smallest absolute Gasteiger partial charge is 0.341 e. The Labute approximate surface area is 222 Å². The zero-order valence-electron chi connectivity index (χ0n) is 21.5. The van der Waals surface area contributed by atoms with Crippen LogP contribution in [-0.2, 0) is 14.4 Å². The summed E-state index contributed by atoms with van der Waals surface area (Å²) in [7, 11) is 0. The van der Waals surface area contributed by atoms with Crippen molar-refractivity contribution < 1.29 is 24.2 Å². The summed E-state index contributed by atoms with van der Waals surface area (Å²) in [4.78, 5) is 40.7. The molecule has 0 amide bonds. The number of carbonyl (C=O) groups is 3. The average molecular weight is 534 g/mol. The highest BCUT2D eigenvalue weighted by atomic mass is 35.5. The number of carboxylic acids is 1. The number of hydrogen-bond acceptors (Lipinski definition) is 5. The number of Topliss-reactive ketones (excluding diaryl/α,β-unsaturated/α-hetero) is 2. The van der Waals surface area contributed by atoms with Gasteiger partial charge in [-0.15, -0.1) is 0 Å². The number of hydrogen-bond donors (Lipinski definition) is 1. The van der Waals surface area contributed by atoms with Gasteiger partial charge in [-0.3, -0.25) is 9.59 Å². The van der Waals surface area contributed by atoms with Crippen molar-refractivity contribution in [3.05, 3.63) is 50.3 Å². The zero-order valence-corrected chi connectivity index (χ0v) is 23.0. The Hall–Kier alpha value is -2.31. The molecule has 1 aromatic carbocycles. The number of ether oxygens (including phenoxy) is 1. The highest BCUT2D eigenvalue weighted by Gasteiger charge is 2.48. The van der Waals surface area contributed by atoms with Gasteiger partial charge in [-0.2, -0.15) is 0 Å². The third-order valence-corrected chi connectivity index (χ3v) is 7.72. The maximum Gasteiger partial charge on any atom is 0.341 e. The van der Waals surface area contributed by atoms with Gasteiger partial charge < -0.3 is 14.7 Å². The van der Waals surface area contributed by atoms with Gasteiger partial charge in [0.15, 0.2) is 23.9 Å². The molecule has 8 heteroatoms. The summed E-state index contributed by atoms with van der Waals surface area (Å²) >= 11 is 13.0. The minimum absolute atomic E-state index is 0.0370. The maximum atomic E-state index is 13.7. The molecule has 4 rings (SSSR count). The van der Waals surface area contributed by atoms with Gasteiger partial charge in [0.1, 0.15) is 0 Å². The topological polar surface area (TPSA) is 83.9 Å². The number of allylic oxidation sites excluding steroid dienone is 4. The quantitative estimate of drug-likeness (QED) is 0.446. The molecule has 0 saturated carbocycles. The molecule has 1 aliphatic heterocycles. The summed E-state index contributed by atoms with van der Waals surface area (Å²) in [6.07, 6.45) is 3.14. The molecule has 0 atom stereocenters. The summed E-state index contributed by atoms with van der Waals surface area (Å²) < 4.78 is 5.30. The fourth-order valence-corrected chi connectivity index (χ4v) is 6.51. The van der Waals surface area contributed by atoms with Crippen molar-refractivity contribution in [2.45, 2.75) is 72.6 Å². The molecule has 0 spiro atoms. The fourth-order valence-electron chi connectivity index (χ4n) is 5.89. The zero-order chi connectivity index (χ0) is 26.6. The lowest BCUT2D eigenvalue weighted by atomic mass is 9.63. The summed E-state index contributed by atoms with van der Waals surface area (Å²) in [5, 5.41) is 9.27. The van der Waals surface area contributed by atoms with Gasteiger partial charge in [0, 0.05) is 47.8 Å². The summed E-state index contributed by atoms with van der Waals surface area (Å²) in [5.74, 6) is -1.57. The molecule has 0 aromatic heterocycles. The lowest BCUT2D eigenvalue weighted by Crippen LogP contribution is -2.44. The van der Waals surface area contributed by atoms with Crippen LogP contribution in [0.5, 0.6) is 5.75 Å². The Morgan fingerprint density at radius 2 is 1.44 bits per heavy atom. The van der Waals surface area contributed by atoms with E-state index in [1.807, 2.05) is 0 Å². The molecule has 0 saturated heterocycles. The van der Waals surface area contributed by atoms with E-state index in [-0.39, 0.29) is 38.2 Å². The van der Waals surface area contributed by atoms with Gasteiger partial charge in [-0.05, 0) is 47.8 Å². The van der Waals surface area contributed by atoms with Crippen molar-refractivity contribution in [1.29, 1.82) is 0 Å². The van der Waals surface area contributed by atoms with E-state index in [1.54, 1.807) is 12.1 Å². The molecule has 194 valence electrons. The van der Waals surface area contributed by atoms with Crippen LogP contribution in [0.3, 0.4) is 0 Å². The predicted octanol–water partition coefficient (Wildman–Crippen LogP) is 6.55. The van der Waals surface area contributed by atoms with E-state index in [9.17, 15) is 14.4 Å². The van der Waals surface area contributed by atoms with Crippen LogP contribution in [0, 0.1) is 10.8 Å². The van der Waals surface area contributed by atoms with Crippen molar-refractivity contribution in [3.8, 4) is 5.75 Å². The second-order valence-electron chi connectivity index (χ2n) is 11.7. The monoisotopic (exact) mass is 533 g/mol. The van der Waals surface area contributed by atoms with E-state index < -0.39 is 18.5 Å². The third-order valence-electron chi connectivity index (χ3n) is 7.16. The third kappa shape index (κ3) is 4.95. The molecule has 1 heterocycles. The number of nitrogens with zero attached hydrogens (tertiary/aromatic N) is 1. The number of carbonyl (C=O) groups excluding carboxylic acids is 2. The first kappa shape index (κ1) is 26.7. The first-order valence-corrected chi connectivity index (χ1v) is 13.1. The Bertz CT molecular complexity index is 1130. The van der Waals surface area contributed by atoms with Crippen molar-refractivity contribution in [1.82, 2.24) is 4.90 Å². The molecular weight excluding hydrogens is 501 g/mol. The van der Waals surface area contributed by atoms with E-state index in [1.165, 1.54) is 0 Å². The van der Waals surface area contributed by atoms with Crippen molar-refractivity contribution in [2.75, 3.05) is 13.2 Å². The highest BCUT2D eigenvalue weighted by Crippen LogP contribution is 2.55. The molecule has 36 heavy (non-hydrogen) atoms. The molecule has 2 aliphatic carbocycles. The number of halogens is 2. The first-order valence-electron chi connectivity index (χ1n) is 12.4. The van der Waals surface area contributed by atoms with Gasteiger partial charge in [0.05, 0.1) is 10.0 Å². The lowest BCUT2D eigenvalue weighted by Gasteiger charge is -2.49. The van der Waals surface area contributed by atoms with Crippen LogP contribution in [0.1, 0.15) is 78.2 Å². The molecule has 0 radical (unpaired) electrons. The number of benzene rings is 1. The van der Waals surface area contributed by atoms with Crippen LogP contribution in [0.2, 0.25) is 10.0 Å². The number of rotatable bonds is 6. The largest absolute Gasteiger partial charge is 0.479 e. The van der Waals surface area contributed by atoms with Gasteiger partial charge in [-0.1, -0.05) is 57.8 Å². The van der Waals surface area contributed by atoms with Crippen molar-refractivity contribution in [2.24, 2.45) is 10.8 Å². The maximum absolute atomic E-state index is 13.7. The molecule has 3 aliphatic rings. The average Bonchev–Trinajstić information content (AvgIpc) is 2.72. The van der Waals surface area contributed by atoms with E-state index >= 15 is 0 Å². The van der Waals surface area contributed by atoms with Crippen LogP contribution in [-0.4, -0.2) is 40.7 Å². The van der Waals surface area contributed by atoms with E-state index in [0.717, 1.165) is 37.2 Å². The number of ketones is 2. The Balaban J connectivity index is 1.95. The molecule has 6 nitrogen and oxygen atoms in total. The van der Waals surface area contributed by atoms with E-state index in [4.69, 9.17) is 33.0 Å². The van der Waals surface area contributed by atoms with Gasteiger partial charge >= 0.3 is 5.97 Å². The SMILES string of the molecule is CCCN1C2=C(C(=O)CC(C)(C)C2)C(c2cc(Cl)c(OCC(=O)O)c(Cl)c2)C2=C1CC(C)(C)CC2=O. The summed E-state index contributed by atoms with van der Waals surface area (Å²) in [5.41, 5.74) is 3.55. The molecule has 0 fully saturated rings. The van der Waals surface area contributed by atoms with Crippen LogP contribution >= 0.6 is 23.2 Å². The lowest BCUT2D eigenvalue weighted by molar-refractivity contribution is -0.139. The Kier molecular flexibility index (Phi) is 7.08. The minimum atomic E-state index is -1.15. The summed E-state index contributed by atoms with van der Waals surface area (Å²) in [6.45, 7) is 10.7. The van der Waals surface area contributed by atoms with Crippen molar-refractivity contribution in [3.63, 3.8) is 0 Å². The summed E-state index contributed by atoms with van der Waals surface area (Å²) in [6, 6.07) is 3.31. The predicted molar refractivity (Wildman–Crippen MR) is 139 cm³/mol. The number of aliphatic carboxylic acids is 1. The van der Waals surface area contributed by atoms with Crippen LogP contribution in [0.15, 0.2) is 34.7 Å². The molecule has 0 unspecified atom stereocenters. The molecule has 1 N–H and O–H groups in total. The van der Waals surface area contributed by atoms with Crippen LogP contribution in [0.25, 0.3) is 0 Å². The normalized spacial score (nSPS) is 21.5. The van der Waals surface area contributed by atoms with Gasteiger partial charge in [-0.25, -0.2) is 4.79 Å². The fraction of sp³-hybridized carbons (Fsp3) is 0.536. The minimum Gasteiger partial charge on any atom is -0.479 e. The van der Waals surface area contributed by atoms with Crippen LogP contribution < -0.4 is 4.74 Å². The van der Waals surface area contributed by atoms with Crippen molar-refractivity contribution >= 4 is 40.7 Å². The molecular formula is C28H33Cl2NO5. The molecule has 1 aromatic rings. The van der Waals surface area contributed by atoms with E-state index in [0.29, 0.717) is 29.6 Å². The van der Waals surface area contributed by atoms with Gasteiger partial charge in [0.2, 0.25) is 0 Å².